The summed E-state index contributed by atoms with van der Waals surface area (Å²) in [5.74, 6) is -0.352. The molecule has 1 unspecified atom stereocenters. The van der Waals surface area contributed by atoms with Gasteiger partial charge in [-0.25, -0.2) is 9.78 Å². The van der Waals surface area contributed by atoms with Crippen molar-refractivity contribution < 1.29 is 9.59 Å². The van der Waals surface area contributed by atoms with Gasteiger partial charge in [-0.1, -0.05) is 12.1 Å². The smallest absolute Gasteiger partial charge is 0.318 e. The molecule has 1 saturated heterocycles. The van der Waals surface area contributed by atoms with Crippen LogP contribution in [0.2, 0.25) is 0 Å². The Bertz CT molecular complexity index is 706. The molecule has 1 aromatic carbocycles. The van der Waals surface area contributed by atoms with Gasteiger partial charge in [0.2, 0.25) is 5.91 Å². The number of nitrogens with one attached hydrogen (secondary N) is 1. The number of urea groups is 1. The summed E-state index contributed by atoms with van der Waals surface area (Å²) in [5, 5.41) is 3.22. The molecule has 128 valence electrons. The largest absolute Gasteiger partial charge is 0.351 e. The van der Waals surface area contributed by atoms with E-state index in [4.69, 9.17) is 10.7 Å². The van der Waals surface area contributed by atoms with E-state index in [1.807, 2.05) is 23.1 Å². The van der Waals surface area contributed by atoms with Gasteiger partial charge >= 0.3 is 6.03 Å². The van der Waals surface area contributed by atoms with Gasteiger partial charge in [0, 0.05) is 26.2 Å². The van der Waals surface area contributed by atoms with Crippen molar-refractivity contribution >= 4 is 33.5 Å². The van der Waals surface area contributed by atoms with Gasteiger partial charge in [0.05, 0.1) is 22.8 Å². The fourth-order valence-electron chi connectivity index (χ4n) is 2.91. The number of amides is 3. The van der Waals surface area contributed by atoms with Gasteiger partial charge in [0.1, 0.15) is 5.01 Å². The molecule has 2 heterocycles. The fraction of sp³-hybridized carbons (Fsp3) is 0.438. The van der Waals surface area contributed by atoms with Crippen molar-refractivity contribution in [3.8, 4) is 0 Å². The molecule has 2 aromatic rings. The Balaban J connectivity index is 1.56. The van der Waals surface area contributed by atoms with E-state index in [2.05, 4.69) is 23.2 Å². The minimum absolute atomic E-state index is 0.201. The molecule has 0 radical (unpaired) electrons. The molecule has 24 heavy (non-hydrogen) atoms. The summed E-state index contributed by atoms with van der Waals surface area (Å²) in [4.78, 5) is 31.4. The highest BCUT2D eigenvalue weighted by Crippen LogP contribution is 2.29. The molecule has 0 spiro atoms. The highest BCUT2D eigenvalue weighted by molar-refractivity contribution is 7.18. The summed E-state index contributed by atoms with van der Waals surface area (Å²) in [6.45, 7) is 5.66. The average Bonchev–Trinajstić information content (AvgIpc) is 2.98. The van der Waals surface area contributed by atoms with Crippen LogP contribution in [0.5, 0.6) is 0 Å². The number of thiazole rings is 1. The first-order chi connectivity index (χ1) is 11.5. The van der Waals surface area contributed by atoms with Gasteiger partial charge < -0.3 is 5.73 Å². The maximum Gasteiger partial charge on any atom is 0.318 e. The van der Waals surface area contributed by atoms with Crippen molar-refractivity contribution in [1.29, 1.82) is 0 Å². The number of benzene rings is 1. The van der Waals surface area contributed by atoms with Crippen LogP contribution >= 0.6 is 11.3 Å². The number of primary amides is 1. The number of aromatic nitrogens is 1. The van der Waals surface area contributed by atoms with E-state index < -0.39 is 6.03 Å². The summed E-state index contributed by atoms with van der Waals surface area (Å²) >= 11 is 1.74. The first kappa shape index (κ1) is 16.8. The number of hydrogen-bond donors (Lipinski definition) is 2. The van der Waals surface area contributed by atoms with Crippen molar-refractivity contribution in [2.45, 2.75) is 13.0 Å². The number of fused-ring (bicyclic) bond motifs is 1. The highest BCUT2D eigenvalue weighted by atomic mass is 32.1. The Labute approximate surface area is 144 Å². The number of nitrogens with two attached hydrogens (primary N) is 1. The number of imide groups is 1. The van der Waals surface area contributed by atoms with Gasteiger partial charge in [-0.2, -0.15) is 0 Å². The van der Waals surface area contributed by atoms with E-state index in [0.29, 0.717) is 0 Å². The number of carbonyl (C=O) groups excluding carboxylic acids is 2. The van der Waals surface area contributed by atoms with E-state index in [1.54, 1.807) is 11.3 Å². The molecule has 0 aliphatic carbocycles. The second kappa shape index (κ2) is 7.25. The van der Waals surface area contributed by atoms with Crippen LogP contribution in [0.25, 0.3) is 10.2 Å². The SMILES string of the molecule is CC(c1nc2ccccc2s1)N1CCN(CC(=O)NC(N)=O)CC1. The summed E-state index contributed by atoms with van der Waals surface area (Å²) in [7, 11) is 0. The molecule has 1 fully saturated rings. The predicted molar refractivity (Wildman–Crippen MR) is 93.8 cm³/mol. The van der Waals surface area contributed by atoms with Gasteiger partial charge in [-0.05, 0) is 19.1 Å². The fourth-order valence-corrected chi connectivity index (χ4v) is 3.97. The third-order valence-electron chi connectivity index (χ3n) is 4.25. The second-order valence-electron chi connectivity index (χ2n) is 5.92. The topological polar surface area (TPSA) is 91.6 Å². The lowest BCUT2D eigenvalue weighted by molar-refractivity contribution is -0.121. The summed E-state index contributed by atoms with van der Waals surface area (Å²) in [5.41, 5.74) is 6.00. The number of hydrogen-bond acceptors (Lipinski definition) is 6. The minimum Gasteiger partial charge on any atom is -0.351 e. The Kier molecular flexibility index (Phi) is 5.08. The Hall–Kier alpha value is -2.03. The molecule has 3 amide bonds. The van der Waals surface area contributed by atoms with Gasteiger partial charge in [-0.3, -0.25) is 19.9 Å². The lowest BCUT2D eigenvalue weighted by atomic mass is 10.2. The molecule has 1 aliphatic rings. The maximum absolute atomic E-state index is 11.6. The monoisotopic (exact) mass is 347 g/mol. The van der Waals surface area contributed by atoms with Gasteiger partial charge in [0.25, 0.3) is 0 Å². The van der Waals surface area contributed by atoms with E-state index in [0.717, 1.165) is 36.7 Å². The third kappa shape index (κ3) is 3.89. The van der Waals surface area contributed by atoms with Crippen LogP contribution in [-0.2, 0) is 4.79 Å². The van der Waals surface area contributed by atoms with Gasteiger partial charge in [0.15, 0.2) is 0 Å². The number of para-hydroxylation sites is 1. The van der Waals surface area contributed by atoms with Crippen LogP contribution < -0.4 is 11.1 Å². The highest BCUT2D eigenvalue weighted by Gasteiger charge is 2.25. The molecular formula is C16H21N5O2S. The zero-order valence-electron chi connectivity index (χ0n) is 13.6. The summed E-state index contributed by atoms with van der Waals surface area (Å²) < 4.78 is 1.21. The van der Waals surface area contributed by atoms with Crippen LogP contribution in [0, 0.1) is 0 Å². The first-order valence-electron chi connectivity index (χ1n) is 7.94. The number of piperazine rings is 1. The Morgan fingerprint density at radius 3 is 2.67 bits per heavy atom. The van der Waals surface area contributed by atoms with Crippen molar-refractivity contribution in [2.24, 2.45) is 5.73 Å². The number of rotatable bonds is 4. The lowest BCUT2D eigenvalue weighted by Crippen LogP contribution is -2.50. The predicted octanol–water partition coefficient (Wildman–Crippen LogP) is 1.17. The van der Waals surface area contributed by atoms with Crippen molar-refractivity contribution in [3.05, 3.63) is 29.3 Å². The molecule has 0 bridgehead atoms. The van der Waals surface area contributed by atoms with Crippen LogP contribution in [0.4, 0.5) is 4.79 Å². The molecular weight excluding hydrogens is 326 g/mol. The molecule has 0 saturated carbocycles. The molecule has 7 nitrogen and oxygen atoms in total. The Morgan fingerprint density at radius 2 is 2.00 bits per heavy atom. The Morgan fingerprint density at radius 1 is 1.29 bits per heavy atom. The van der Waals surface area contributed by atoms with Crippen molar-refractivity contribution in [3.63, 3.8) is 0 Å². The molecule has 3 N–H and O–H groups in total. The maximum atomic E-state index is 11.6. The summed E-state index contributed by atoms with van der Waals surface area (Å²) in [6, 6.07) is 7.62. The van der Waals surface area contributed by atoms with E-state index in [9.17, 15) is 9.59 Å². The zero-order valence-corrected chi connectivity index (χ0v) is 14.4. The summed E-state index contributed by atoms with van der Waals surface area (Å²) in [6.07, 6.45) is 0. The van der Waals surface area contributed by atoms with Crippen LogP contribution in [0.15, 0.2) is 24.3 Å². The average molecular weight is 347 g/mol. The molecule has 8 heteroatoms. The molecule has 1 aromatic heterocycles. The second-order valence-corrected chi connectivity index (χ2v) is 6.98. The normalized spacial score (nSPS) is 17.7. The molecule has 3 rings (SSSR count). The van der Waals surface area contributed by atoms with E-state index in [-0.39, 0.29) is 18.5 Å². The van der Waals surface area contributed by atoms with Crippen molar-refractivity contribution in [2.75, 3.05) is 32.7 Å². The standard InChI is InChI=1S/C16H21N5O2S/c1-11(15-18-12-4-2-3-5-13(12)24-15)21-8-6-20(7-9-21)10-14(22)19-16(17)23/h2-5,11H,6-10H2,1H3,(H3,17,19,22,23). The number of carbonyl (C=O) groups is 2. The van der Waals surface area contributed by atoms with Crippen LogP contribution in [0.1, 0.15) is 18.0 Å². The van der Waals surface area contributed by atoms with E-state index >= 15 is 0 Å². The zero-order chi connectivity index (χ0) is 17.1. The molecule has 1 aliphatic heterocycles. The first-order valence-corrected chi connectivity index (χ1v) is 8.76. The van der Waals surface area contributed by atoms with Crippen LogP contribution in [0.3, 0.4) is 0 Å². The molecule has 1 atom stereocenters. The van der Waals surface area contributed by atoms with Crippen molar-refractivity contribution in [1.82, 2.24) is 20.1 Å². The van der Waals surface area contributed by atoms with Gasteiger partial charge in [-0.15, -0.1) is 11.3 Å². The minimum atomic E-state index is -0.803. The number of nitrogens with zero attached hydrogens (tertiary/aromatic N) is 3. The quantitative estimate of drug-likeness (QED) is 0.866. The third-order valence-corrected chi connectivity index (χ3v) is 5.46. The van der Waals surface area contributed by atoms with E-state index in [1.165, 1.54) is 4.70 Å². The van der Waals surface area contributed by atoms with Crippen LogP contribution in [-0.4, -0.2) is 59.4 Å². The lowest BCUT2D eigenvalue weighted by Gasteiger charge is -2.36.